The summed E-state index contributed by atoms with van der Waals surface area (Å²) in [5.74, 6) is 0.533. The van der Waals surface area contributed by atoms with Crippen molar-refractivity contribution in [3.8, 4) is 10.8 Å². The molecule has 136 valence electrons. The van der Waals surface area contributed by atoms with Crippen molar-refractivity contribution in [1.82, 2.24) is 10.2 Å². The lowest BCUT2D eigenvalue weighted by atomic mass is 10.3. The number of carbonyl (C=O) groups excluding carboxylic acids is 1. The van der Waals surface area contributed by atoms with Gasteiger partial charge in [0.1, 0.15) is 5.82 Å². The summed E-state index contributed by atoms with van der Waals surface area (Å²) < 4.78 is 18.7. The van der Waals surface area contributed by atoms with Crippen LogP contribution in [0.4, 0.5) is 10.1 Å². The van der Waals surface area contributed by atoms with Gasteiger partial charge in [0, 0.05) is 5.69 Å². The number of hydrogen-bond donors (Lipinski definition) is 2. The van der Waals surface area contributed by atoms with Gasteiger partial charge < -0.3 is 14.6 Å². The fourth-order valence-electron chi connectivity index (χ4n) is 2.60. The number of nitrogens with zero attached hydrogens (tertiary/aromatic N) is 2. The van der Waals surface area contributed by atoms with Gasteiger partial charge in [0.15, 0.2) is 13.1 Å². The maximum Gasteiger partial charge on any atom is 0.279 e. The first-order valence-electron chi connectivity index (χ1n) is 8.39. The Balaban J connectivity index is 1.59. The number of carbonyl (C=O) groups is 1. The van der Waals surface area contributed by atoms with Gasteiger partial charge in [-0.25, -0.2) is 4.39 Å². The summed E-state index contributed by atoms with van der Waals surface area (Å²) in [6, 6.07) is 9.57. The molecule has 0 aliphatic rings. The van der Waals surface area contributed by atoms with E-state index in [0.717, 1.165) is 22.7 Å². The molecule has 1 unspecified atom stereocenters. The molecule has 2 heterocycles. The summed E-state index contributed by atoms with van der Waals surface area (Å²) in [6.07, 6.45) is 0.922. The fourth-order valence-corrected chi connectivity index (χ4v) is 3.24. The lowest BCUT2D eigenvalue weighted by Crippen LogP contribution is -3.11. The molecule has 3 aromatic rings. The lowest BCUT2D eigenvalue weighted by molar-refractivity contribution is -0.907. The van der Waals surface area contributed by atoms with Gasteiger partial charge >= 0.3 is 0 Å². The first-order chi connectivity index (χ1) is 12.6. The van der Waals surface area contributed by atoms with Crippen molar-refractivity contribution in [2.45, 2.75) is 19.9 Å². The van der Waals surface area contributed by atoms with Crippen molar-refractivity contribution in [1.29, 1.82) is 0 Å². The van der Waals surface area contributed by atoms with Crippen molar-refractivity contribution in [2.75, 3.05) is 18.4 Å². The van der Waals surface area contributed by atoms with Crippen molar-refractivity contribution in [3.05, 3.63) is 53.5 Å². The van der Waals surface area contributed by atoms with Gasteiger partial charge in [-0.15, -0.1) is 21.5 Å². The highest BCUT2D eigenvalue weighted by molar-refractivity contribution is 7.13. The van der Waals surface area contributed by atoms with Crippen LogP contribution in [0.3, 0.4) is 0 Å². The molecular formula is C18H20FN4O2S+. The number of quaternary nitrogens is 1. The predicted octanol–water partition coefficient (Wildman–Crippen LogP) is 2.37. The molecule has 0 radical (unpaired) electrons. The zero-order valence-electron chi connectivity index (χ0n) is 14.4. The van der Waals surface area contributed by atoms with Crippen molar-refractivity contribution in [3.63, 3.8) is 0 Å². The minimum Gasteiger partial charge on any atom is -0.414 e. The number of nitrogens with one attached hydrogen (secondary N) is 2. The maximum absolute atomic E-state index is 12.9. The first kappa shape index (κ1) is 18.2. The third kappa shape index (κ3) is 4.96. The smallest absolute Gasteiger partial charge is 0.279 e. The Morgan fingerprint density at radius 1 is 1.27 bits per heavy atom. The molecule has 26 heavy (non-hydrogen) atoms. The molecule has 6 nitrogen and oxygen atoms in total. The topological polar surface area (TPSA) is 72.5 Å². The molecule has 0 aliphatic heterocycles. The van der Waals surface area contributed by atoms with Gasteiger partial charge in [0.25, 0.3) is 17.7 Å². The van der Waals surface area contributed by atoms with Gasteiger partial charge in [0.2, 0.25) is 0 Å². The van der Waals surface area contributed by atoms with Crippen LogP contribution in [0.2, 0.25) is 0 Å². The van der Waals surface area contributed by atoms with Gasteiger partial charge in [-0.1, -0.05) is 13.0 Å². The Labute approximate surface area is 154 Å². The van der Waals surface area contributed by atoms with Crippen LogP contribution < -0.4 is 10.2 Å². The van der Waals surface area contributed by atoms with Crippen LogP contribution in [-0.4, -0.2) is 29.2 Å². The molecule has 2 N–H and O–H groups in total. The molecule has 1 aromatic carbocycles. The van der Waals surface area contributed by atoms with Crippen molar-refractivity contribution in [2.24, 2.45) is 0 Å². The number of aromatic nitrogens is 2. The summed E-state index contributed by atoms with van der Waals surface area (Å²) in [4.78, 5) is 14.2. The normalized spacial score (nSPS) is 12.1. The van der Waals surface area contributed by atoms with Crippen LogP contribution in [0.15, 0.2) is 46.2 Å². The van der Waals surface area contributed by atoms with Crippen LogP contribution in [0.1, 0.15) is 19.2 Å². The summed E-state index contributed by atoms with van der Waals surface area (Å²) in [5.41, 5.74) is 0.574. The molecular weight excluding hydrogens is 355 g/mol. The van der Waals surface area contributed by atoms with E-state index in [1.54, 1.807) is 0 Å². The van der Waals surface area contributed by atoms with E-state index in [1.165, 1.54) is 35.6 Å². The Hall–Kier alpha value is -2.58. The zero-order chi connectivity index (χ0) is 18.4. The Bertz CT molecular complexity index is 833. The van der Waals surface area contributed by atoms with Crippen molar-refractivity contribution < 1.29 is 18.5 Å². The SMILES string of the molecule is CCC[NH+](CC(=O)Nc1ccc(F)cc1)Cc1nnc(-c2cccs2)o1. The van der Waals surface area contributed by atoms with E-state index in [0.29, 0.717) is 24.0 Å². The summed E-state index contributed by atoms with van der Waals surface area (Å²) >= 11 is 1.54. The molecule has 3 rings (SSSR count). The third-order valence-corrected chi connectivity index (χ3v) is 4.60. The van der Waals surface area contributed by atoms with E-state index in [2.05, 4.69) is 22.4 Å². The second kappa shape index (κ2) is 8.68. The lowest BCUT2D eigenvalue weighted by Gasteiger charge is -2.16. The quantitative estimate of drug-likeness (QED) is 0.634. The van der Waals surface area contributed by atoms with Gasteiger partial charge in [-0.2, -0.15) is 0 Å². The minimum absolute atomic E-state index is 0.141. The van der Waals surface area contributed by atoms with E-state index in [-0.39, 0.29) is 18.3 Å². The average Bonchev–Trinajstić information content (AvgIpc) is 3.28. The van der Waals surface area contributed by atoms with Crippen molar-refractivity contribution >= 4 is 22.9 Å². The molecule has 0 aliphatic carbocycles. The van der Waals surface area contributed by atoms with E-state index in [1.807, 2.05) is 17.5 Å². The van der Waals surface area contributed by atoms with Crippen LogP contribution in [0.5, 0.6) is 0 Å². The molecule has 8 heteroatoms. The van der Waals surface area contributed by atoms with E-state index in [4.69, 9.17) is 4.42 Å². The Morgan fingerprint density at radius 3 is 2.77 bits per heavy atom. The molecule has 0 spiro atoms. The fraction of sp³-hybridized carbons (Fsp3) is 0.278. The number of rotatable bonds is 8. The molecule has 0 saturated heterocycles. The molecule has 0 bridgehead atoms. The second-order valence-electron chi connectivity index (χ2n) is 5.89. The zero-order valence-corrected chi connectivity index (χ0v) is 15.2. The highest BCUT2D eigenvalue weighted by Gasteiger charge is 2.19. The van der Waals surface area contributed by atoms with Crippen LogP contribution in [0, 0.1) is 5.82 Å². The molecule has 1 amide bonds. The molecule has 2 aromatic heterocycles. The minimum atomic E-state index is -0.334. The summed E-state index contributed by atoms with van der Waals surface area (Å²) in [6.45, 7) is 3.60. The number of hydrogen-bond acceptors (Lipinski definition) is 5. The number of thiophene rings is 1. The average molecular weight is 375 g/mol. The molecule has 1 atom stereocenters. The maximum atomic E-state index is 12.9. The summed E-state index contributed by atoms with van der Waals surface area (Å²) in [5, 5.41) is 12.9. The van der Waals surface area contributed by atoms with Crippen LogP contribution in [-0.2, 0) is 11.3 Å². The van der Waals surface area contributed by atoms with Crippen LogP contribution >= 0.6 is 11.3 Å². The predicted molar refractivity (Wildman–Crippen MR) is 97.3 cm³/mol. The number of halogens is 1. The Morgan fingerprint density at radius 2 is 2.08 bits per heavy atom. The number of benzene rings is 1. The Kier molecular flexibility index (Phi) is 6.08. The third-order valence-electron chi connectivity index (χ3n) is 3.74. The van der Waals surface area contributed by atoms with E-state index >= 15 is 0 Å². The van der Waals surface area contributed by atoms with Gasteiger partial charge in [-0.05, 0) is 42.1 Å². The molecule has 0 saturated carbocycles. The second-order valence-corrected chi connectivity index (χ2v) is 6.83. The highest BCUT2D eigenvalue weighted by atomic mass is 32.1. The highest BCUT2D eigenvalue weighted by Crippen LogP contribution is 2.22. The number of amides is 1. The van der Waals surface area contributed by atoms with E-state index in [9.17, 15) is 9.18 Å². The summed E-state index contributed by atoms with van der Waals surface area (Å²) in [7, 11) is 0. The largest absolute Gasteiger partial charge is 0.414 e. The van der Waals surface area contributed by atoms with Gasteiger partial charge in [-0.3, -0.25) is 4.79 Å². The van der Waals surface area contributed by atoms with Gasteiger partial charge in [0.05, 0.1) is 11.4 Å². The van der Waals surface area contributed by atoms with E-state index < -0.39 is 0 Å². The standard InChI is InChI=1S/C18H19FN4O2S/c1-2-9-23(11-16(24)20-14-7-5-13(19)6-8-14)12-17-21-22-18(25-17)15-4-3-10-26-15/h3-8,10H,2,9,11-12H2,1H3,(H,20,24)/p+1. The monoisotopic (exact) mass is 375 g/mol. The number of anilines is 1. The molecule has 0 fully saturated rings. The van der Waals surface area contributed by atoms with Crippen LogP contribution in [0.25, 0.3) is 10.8 Å². The first-order valence-corrected chi connectivity index (χ1v) is 9.27.